The van der Waals surface area contributed by atoms with E-state index < -0.39 is 10.8 Å². The molecule has 29 heavy (non-hydrogen) atoms. The van der Waals surface area contributed by atoms with E-state index >= 15 is 0 Å². The Bertz CT molecular complexity index is 1090. The van der Waals surface area contributed by atoms with Gasteiger partial charge >= 0.3 is 5.82 Å². The number of carbonyl (C=O) groups excluding carboxylic acids is 1. The van der Waals surface area contributed by atoms with Crippen LogP contribution in [0.4, 0.5) is 11.5 Å². The van der Waals surface area contributed by atoms with Gasteiger partial charge in [0, 0.05) is 22.6 Å². The third-order valence-corrected chi connectivity index (χ3v) is 4.73. The first-order chi connectivity index (χ1) is 13.9. The lowest BCUT2D eigenvalue weighted by Gasteiger charge is -2.09. The molecule has 0 unspecified atom stereocenters. The average molecular weight is 457 g/mol. The van der Waals surface area contributed by atoms with E-state index in [4.69, 9.17) is 5.73 Å². The normalized spacial score (nSPS) is 11.3. The number of anilines is 1. The maximum absolute atomic E-state index is 12.5. The molecule has 148 valence electrons. The Labute approximate surface area is 174 Å². The molecule has 0 bridgehead atoms. The number of nitro groups is 1. The van der Waals surface area contributed by atoms with Gasteiger partial charge in [0.15, 0.2) is 5.82 Å². The predicted octanol–water partition coefficient (Wildman–Crippen LogP) is 3.28. The molecule has 1 aromatic heterocycles. The molecule has 0 atom stereocenters. The van der Waals surface area contributed by atoms with Crippen LogP contribution in [-0.2, 0) is 6.54 Å². The van der Waals surface area contributed by atoms with Crippen LogP contribution in [-0.4, -0.2) is 26.1 Å². The summed E-state index contributed by atoms with van der Waals surface area (Å²) >= 11 is 3.37. The fraction of sp³-hybridized carbons (Fsp3) is 0.105. The zero-order valence-corrected chi connectivity index (χ0v) is 17.0. The first-order valence-corrected chi connectivity index (χ1v) is 9.30. The molecule has 0 aliphatic rings. The van der Waals surface area contributed by atoms with E-state index in [1.54, 1.807) is 43.3 Å². The molecule has 0 spiro atoms. The van der Waals surface area contributed by atoms with E-state index in [-0.39, 0.29) is 17.9 Å². The van der Waals surface area contributed by atoms with Crippen LogP contribution < -0.4 is 11.2 Å². The van der Waals surface area contributed by atoms with Crippen LogP contribution in [0.5, 0.6) is 0 Å². The molecule has 0 radical (unpaired) electrons. The van der Waals surface area contributed by atoms with Crippen molar-refractivity contribution in [1.82, 2.24) is 15.0 Å². The number of carbonyl (C=O) groups is 1. The van der Waals surface area contributed by atoms with Crippen LogP contribution >= 0.6 is 15.9 Å². The number of nitrogens with two attached hydrogens (primary N) is 1. The summed E-state index contributed by atoms with van der Waals surface area (Å²) in [7, 11) is 0. The molecule has 1 heterocycles. The fourth-order valence-electron chi connectivity index (χ4n) is 2.66. The summed E-state index contributed by atoms with van der Waals surface area (Å²) in [6.45, 7) is 1.71. The van der Waals surface area contributed by atoms with Gasteiger partial charge in [0.25, 0.3) is 5.91 Å². The highest BCUT2D eigenvalue weighted by Gasteiger charge is 2.20. The standard InChI is InChI=1S/C19H17BrN6O3/c1-12-22-10-18(26(28)29)25(12)11-17(13-6-8-14(20)9-7-13)23-24-19(27)15-4-2-3-5-16(15)21/h2-10H,11,21H2,1H3,(H,24,27)/b23-17-. The van der Waals surface area contributed by atoms with Crippen LogP contribution in [0.1, 0.15) is 21.7 Å². The van der Waals surface area contributed by atoms with Crippen molar-refractivity contribution in [2.75, 3.05) is 5.73 Å². The molecule has 2 aromatic carbocycles. The number of hydrogen-bond acceptors (Lipinski definition) is 6. The van der Waals surface area contributed by atoms with E-state index in [0.717, 1.165) is 4.47 Å². The van der Waals surface area contributed by atoms with Crippen LogP contribution in [0.2, 0.25) is 0 Å². The maximum atomic E-state index is 12.5. The molecule has 0 aliphatic carbocycles. The third-order valence-electron chi connectivity index (χ3n) is 4.20. The number of nitrogen functional groups attached to an aromatic ring is 1. The number of aromatic nitrogens is 2. The van der Waals surface area contributed by atoms with Crippen LogP contribution in [0.3, 0.4) is 0 Å². The highest BCUT2D eigenvalue weighted by atomic mass is 79.9. The van der Waals surface area contributed by atoms with Gasteiger partial charge in [-0.1, -0.05) is 40.2 Å². The number of hydrazone groups is 1. The molecule has 3 N–H and O–H groups in total. The Hall–Kier alpha value is -3.53. The Morgan fingerprint density at radius 1 is 1.28 bits per heavy atom. The highest BCUT2D eigenvalue weighted by molar-refractivity contribution is 9.10. The Morgan fingerprint density at radius 2 is 1.97 bits per heavy atom. The van der Waals surface area contributed by atoms with Gasteiger partial charge in [-0.2, -0.15) is 5.10 Å². The van der Waals surface area contributed by atoms with E-state index in [9.17, 15) is 14.9 Å². The number of amides is 1. The summed E-state index contributed by atoms with van der Waals surface area (Å²) in [5.41, 5.74) is 10.0. The number of hydrogen-bond donors (Lipinski definition) is 2. The van der Waals surface area contributed by atoms with E-state index in [1.165, 1.54) is 10.8 Å². The third kappa shape index (κ3) is 4.66. The lowest BCUT2D eigenvalue weighted by Crippen LogP contribution is -2.23. The molecule has 3 rings (SSSR count). The van der Waals surface area contributed by atoms with Gasteiger partial charge in [-0.15, -0.1) is 0 Å². The molecule has 10 heteroatoms. The predicted molar refractivity (Wildman–Crippen MR) is 113 cm³/mol. The second-order valence-electron chi connectivity index (χ2n) is 6.10. The number of para-hydroxylation sites is 1. The van der Waals surface area contributed by atoms with Crippen molar-refractivity contribution in [3.63, 3.8) is 0 Å². The number of aryl methyl sites for hydroxylation is 1. The van der Waals surface area contributed by atoms with Crippen molar-refractivity contribution in [3.05, 3.63) is 86.3 Å². The summed E-state index contributed by atoms with van der Waals surface area (Å²) in [4.78, 5) is 27.3. The maximum Gasteiger partial charge on any atom is 0.343 e. The minimum absolute atomic E-state index is 0.0499. The van der Waals surface area contributed by atoms with Gasteiger partial charge in [0.1, 0.15) is 18.5 Å². The molecule has 3 aromatic rings. The van der Waals surface area contributed by atoms with Crippen molar-refractivity contribution in [3.8, 4) is 0 Å². The van der Waals surface area contributed by atoms with Crippen molar-refractivity contribution in [1.29, 1.82) is 0 Å². The van der Waals surface area contributed by atoms with E-state index in [1.807, 2.05) is 12.1 Å². The number of imidazole rings is 1. The molecule has 0 aliphatic heterocycles. The summed E-state index contributed by atoms with van der Waals surface area (Å²) in [6.07, 6.45) is 1.19. The van der Waals surface area contributed by atoms with Crippen LogP contribution in [0.25, 0.3) is 0 Å². The first kappa shape index (κ1) is 20.2. The van der Waals surface area contributed by atoms with E-state index in [0.29, 0.717) is 22.8 Å². The van der Waals surface area contributed by atoms with Crippen LogP contribution in [0, 0.1) is 17.0 Å². The minimum Gasteiger partial charge on any atom is -0.398 e. The smallest absolute Gasteiger partial charge is 0.343 e. The number of nitrogens with zero attached hydrogens (tertiary/aromatic N) is 4. The van der Waals surface area contributed by atoms with Crippen molar-refractivity contribution >= 4 is 39.1 Å². The SMILES string of the molecule is Cc1ncc([N+](=O)[O-])n1C/C(=N/NC(=O)c1ccccc1N)c1ccc(Br)cc1. The molecular formula is C19H17BrN6O3. The molecule has 9 nitrogen and oxygen atoms in total. The zero-order chi connectivity index (χ0) is 21.0. The molecule has 1 amide bonds. The molecule has 0 saturated carbocycles. The second-order valence-corrected chi connectivity index (χ2v) is 7.02. The van der Waals surface area contributed by atoms with Gasteiger partial charge in [0.05, 0.1) is 5.56 Å². The fourth-order valence-corrected chi connectivity index (χ4v) is 2.93. The van der Waals surface area contributed by atoms with Gasteiger partial charge in [-0.25, -0.2) is 15.0 Å². The Morgan fingerprint density at radius 3 is 2.62 bits per heavy atom. The topological polar surface area (TPSA) is 128 Å². The van der Waals surface area contributed by atoms with Crippen molar-refractivity contribution in [2.24, 2.45) is 5.10 Å². The van der Waals surface area contributed by atoms with Crippen molar-refractivity contribution < 1.29 is 9.72 Å². The van der Waals surface area contributed by atoms with Gasteiger partial charge < -0.3 is 15.8 Å². The monoisotopic (exact) mass is 456 g/mol. The highest BCUT2D eigenvalue weighted by Crippen LogP contribution is 2.17. The molecule has 0 saturated heterocycles. The summed E-state index contributed by atoms with van der Waals surface area (Å²) in [5, 5.41) is 15.5. The summed E-state index contributed by atoms with van der Waals surface area (Å²) in [6, 6.07) is 13.9. The Balaban J connectivity index is 1.96. The minimum atomic E-state index is -0.511. The zero-order valence-electron chi connectivity index (χ0n) is 15.4. The number of benzene rings is 2. The van der Waals surface area contributed by atoms with Crippen LogP contribution in [0.15, 0.2) is 64.3 Å². The first-order valence-electron chi connectivity index (χ1n) is 8.50. The summed E-state index contributed by atoms with van der Waals surface area (Å²) < 4.78 is 2.29. The lowest BCUT2D eigenvalue weighted by molar-refractivity contribution is -0.392. The number of rotatable bonds is 6. The molecular weight excluding hydrogens is 440 g/mol. The van der Waals surface area contributed by atoms with Gasteiger partial charge in [-0.05, 0) is 29.2 Å². The number of nitrogens with one attached hydrogen (secondary N) is 1. The van der Waals surface area contributed by atoms with Gasteiger partial charge in [-0.3, -0.25) is 4.79 Å². The van der Waals surface area contributed by atoms with Gasteiger partial charge in [0.2, 0.25) is 0 Å². The van der Waals surface area contributed by atoms with Crippen molar-refractivity contribution in [2.45, 2.75) is 13.5 Å². The average Bonchev–Trinajstić information content (AvgIpc) is 3.06. The molecule has 0 fully saturated rings. The quantitative estimate of drug-likeness (QED) is 0.254. The lowest BCUT2D eigenvalue weighted by atomic mass is 10.1. The Kier molecular flexibility index (Phi) is 6.03. The number of halogens is 1. The largest absolute Gasteiger partial charge is 0.398 e. The second kappa shape index (κ2) is 8.65. The summed E-state index contributed by atoms with van der Waals surface area (Å²) in [5.74, 6) is -0.180. The van der Waals surface area contributed by atoms with E-state index in [2.05, 4.69) is 31.4 Å².